The van der Waals surface area contributed by atoms with E-state index in [0.29, 0.717) is 54.6 Å². The van der Waals surface area contributed by atoms with E-state index >= 15 is 0 Å². The van der Waals surface area contributed by atoms with Gasteiger partial charge in [-0.05, 0) is 83.1 Å². The number of carbonyl (C=O) groups is 1. The zero-order valence-corrected chi connectivity index (χ0v) is 30.9. The first-order valence-electron chi connectivity index (χ1n) is 17.9. The highest BCUT2D eigenvalue weighted by Gasteiger charge is 2.20. The summed E-state index contributed by atoms with van der Waals surface area (Å²) in [4.78, 5) is 21.8. The molecule has 0 aliphatic carbocycles. The van der Waals surface area contributed by atoms with E-state index in [1.165, 1.54) is 16.7 Å². The number of carbonyl (C=O) groups excluding carboxylic acids is 1. The molecule has 1 fully saturated rings. The summed E-state index contributed by atoms with van der Waals surface area (Å²) in [6.07, 6.45) is 6.05. The average Bonchev–Trinajstić information content (AvgIpc) is 3.16. The van der Waals surface area contributed by atoms with Gasteiger partial charge in [-0.15, -0.1) is 0 Å². The van der Waals surface area contributed by atoms with Gasteiger partial charge in [-0.25, -0.2) is 4.98 Å². The summed E-state index contributed by atoms with van der Waals surface area (Å²) >= 11 is 6.22. The van der Waals surface area contributed by atoms with Gasteiger partial charge in [0.25, 0.3) is 0 Å². The van der Waals surface area contributed by atoms with Crippen LogP contribution in [-0.4, -0.2) is 53.5 Å². The SMILES string of the molecule is Cc1cc(Oc2ccc(OCc3ccccc3Cl)cn2)ccc1/C=C/C(=O)N1CCN(Cc2ccc(CCOc3ccc(C(C)C)cc3)cc2)CC1. The zero-order valence-electron chi connectivity index (χ0n) is 30.1. The van der Waals surface area contributed by atoms with Crippen molar-refractivity contribution in [2.45, 2.75) is 46.3 Å². The molecular formula is C44H46ClN3O4. The molecule has 1 saturated heterocycles. The molecule has 0 spiro atoms. The number of halogens is 1. The lowest BCUT2D eigenvalue weighted by atomic mass is 10.0. The fraction of sp³-hybridized carbons (Fsp3) is 0.273. The predicted molar refractivity (Wildman–Crippen MR) is 208 cm³/mol. The Kier molecular flexibility index (Phi) is 12.6. The van der Waals surface area contributed by atoms with Crippen LogP contribution in [0.4, 0.5) is 0 Å². The molecule has 1 aliphatic heterocycles. The molecule has 268 valence electrons. The molecule has 0 unspecified atom stereocenters. The minimum Gasteiger partial charge on any atom is -0.493 e. The number of nitrogens with zero attached hydrogens (tertiary/aromatic N) is 3. The van der Waals surface area contributed by atoms with Crippen LogP contribution < -0.4 is 14.2 Å². The monoisotopic (exact) mass is 715 g/mol. The highest BCUT2D eigenvalue weighted by molar-refractivity contribution is 6.31. The van der Waals surface area contributed by atoms with Crippen molar-refractivity contribution >= 4 is 23.6 Å². The summed E-state index contributed by atoms with van der Waals surface area (Å²) < 4.78 is 17.7. The van der Waals surface area contributed by atoms with Crippen LogP contribution in [0.5, 0.6) is 23.1 Å². The van der Waals surface area contributed by atoms with Crippen LogP contribution in [0.25, 0.3) is 6.08 Å². The van der Waals surface area contributed by atoms with Crippen molar-refractivity contribution in [2.24, 2.45) is 0 Å². The number of pyridine rings is 1. The number of ether oxygens (including phenoxy) is 3. The van der Waals surface area contributed by atoms with Crippen LogP contribution in [-0.2, 0) is 24.4 Å². The molecule has 6 rings (SSSR count). The molecule has 5 aromatic rings. The van der Waals surface area contributed by atoms with Crippen molar-refractivity contribution in [1.29, 1.82) is 0 Å². The molecule has 52 heavy (non-hydrogen) atoms. The van der Waals surface area contributed by atoms with Gasteiger partial charge < -0.3 is 19.1 Å². The van der Waals surface area contributed by atoms with E-state index in [4.69, 9.17) is 25.8 Å². The second-order valence-electron chi connectivity index (χ2n) is 13.4. The molecule has 4 aromatic carbocycles. The number of hydrogen-bond donors (Lipinski definition) is 0. The Morgan fingerprint density at radius 1 is 0.827 bits per heavy atom. The normalized spacial score (nSPS) is 13.4. The third-order valence-corrected chi connectivity index (χ3v) is 9.62. The van der Waals surface area contributed by atoms with Crippen LogP contribution in [0.2, 0.25) is 5.02 Å². The molecule has 0 saturated carbocycles. The summed E-state index contributed by atoms with van der Waals surface area (Å²) in [7, 11) is 0. The van der Waals surface area contributed by atoms with E-state index in [2.05, 4.69) is 72.3 Å². The lowest BCUT2D eigenvalue weighted by Gasteiger charge is -2.34. The maximum atomic E-state index is 13.0. The number of benzene rings is 4. The second-order valence-corrected chi connectivity index (χ2v) is 13.8. The minimum absolute atomic E-state index is 0.0304. The predicted octanol–water partition coefficient (Wildman–Crippen LogP) is 9.52. The van der Waals surface area contributed by atoms with E-state index in [1.807, 2.05) is 66.4 Å². The molecular weight excluding hydrogens is 670 g/mol. The van der Waals surface area contributed by atoms with E-state index in [1.54, 1.807) is 18.3 Å². The quantitative estimate of drug-likeness (QED) is 0.107. The number of aryl methyl sites for hydroxylation is 1. The first-order valence-corrected chi connectivity index (χ1v) is 18.3. The van der Waals surface area contributed by atoms with Crippen molar-refractivity contribution in [1.82, 2.24) is 14.8 Å². The molecule has 0 N–H and O–H groups in total. The van der Waals surface area contributed by atoms with Gasteiger partial charge in [-0.3, -0.25) is 9.69 Å². The lowest BCUT2D eigenvalue weighted by Crippen LogP contribution is -2.47. The van der Waals surface area contributed by atoms with Crippen LogP contribution >= 0.6 is 11.6 Å². The number of aromatic nitrogens is 1. The molecule has 8 heteroatoms. The highest BCUT2D eigenvalue weighted by atomic mass is 35.5. The summed E-state index contributed by atoms with van der Waals surface area (Å²) in [5, 5.41) is 0.669. The maximum absolute atomic E-state index is 13.0. The summed E-state index contributed by atoms with van der Waals surface area (Å²) in [5.41, 5.74) is 6.74. The van der Waals surface area contributed by atoms with Gasteiger partial charge in [0.1, 0.15) is 23.9 Å². The van der Waals surface area contributed by atoms with Crippen molar-refractivity contribution in [3.63, 3.8) is 0 Å². The van der Waals surface area contributed by atoms with Gasteiger partial charge in [-0.1, -0.05) is 86.1 Å². The highest BCUT2D eigenvalue weighted by Crippen LogP contribution is 2.26. The number of piperazine rings is 1. The van der Waals surface area contributed by atoms with Gasteiger partial charge in [0.15, 0.2) is 0 Å². The summed E-state index contributed by atoms with van der Waals surface area (Å²) in [5.74, 6) is 3.22. The molecule has 1 aromatic heterocycles. The molecule has 0 bridgehead atoms. The van der Waals surface area contributed by atoms with Crippen LogP contribution in [0.3, 0.4) is 0 Å². The Balaban J connectivity index is 0.906. The molecule has 0 radical (unpaired) electrons. The minimum atomic E-state index is 0.0304. The average molecular weight is 716 g/mol. The van der Waals surface area contributed by atoms with E-state index in [-0.39, 0.29) is 5.91 Å². The fourth-order valence-corrected chi connectivity index (χ4v) is 6.20. The van der Waals surface area contributed by atoms with Crippen molar-refractivity contribution in [2.75, 3.05) is 32.8 Å². The Hall–Kier alpha value is -5.11. The molecule has 1 amide bonds. The topological polar surface area (TPSA) is 64.1 Å². The molecule has 7 nitrogen and oxygen atoms in total. The number of amides is 1. The largest absolute Gasteiger partial charge is 0.493 e. The zero-order chi connectivity index (χ0) is 36.3. The third kappa shape index (κ3) is 10.5. The van der Waals surface area contributed by atoms with Crippen LogP contribution in [0.15, 0.2) is 115 Å². The third-order valence-electron chi connectivity index (χ3n) is 9.25. The maximum Gasteiger partial charge on any atom is 0.246 e. The van der Waals surface area contributed by atoms with E-state index in [0.717, 1.165) is 48.5 Å². The lowest BCUT2D eigenvalue weighted by molar-refractivity contribution is -0.127. The Labute approximate surface area is 312 Å². The van der Waals surface area contributed by atoms with E-state index in [9.17, 15) is 4.79 Å². The number of hydrogen-bond acceptors (Lipinski definition) is 6. The fourth-order valence-electron chi connectivity index (χ4n) is 6.01. The van der Waals surface area contributed by atoms with E-state index < -0.39 is 0 Å². The van der Waals surface area contributed by atoms with Gasteiger partial charge in [0.05, 0.1) is 12.8 Å². The van der Waals surface area contributed by atoms with Crippen molar-refractivity contribution in [3.05, 3.63) is 154 Å². The van der Waals surface area contributed by atoms with Gasteiger partial charge in [0, 0.05) is 61.9 Å². The van der Waals surface area contributed by atoms with Crippen LogP contribution in [0, 0.1) is 6.92 Å². The summed E-state index contributed by atoms with van der Waals surface area (Å²) in [6, 6.07) is 34.2. The Bertz CT molecular complexity index is 1930. The smallest absolute Gasteiger partial charge is 0.246 e. The Morgan fingerprint density at radius 3 is 2.23 bits per heavy atom. The first kappa shape index (κ1) is 36.7. The van der Waals surface area contributed by atoms with Gasteiger partial charge in [0.2, 0.25) is 11.8 Å². The second kappa shape index (κ2) is 17.9. The van der Waals surface area contributed by atoms with Crippen molar-refractivity contribution in [3.8, 4) is 23.1 Å². The summed E-state index contributed by atoms with van der Waals surface area (Å²) in [6.45, 7) is 11.4. The van der Waals surface area contributed by atoms with Gasteiger partial charge >= 0.3 is 0 Å². The first-order chi connectivity index (χ1) is 25.3. The Morgan fingerprint density at radius 2 is 1.54 bits per heavy atom. The van der Waals surface area contributed by atoms with Crippen LogP contribution in [0.1, 0.15) is 53.1 Å². The molecule has 1 aliphatic rings. The number of rotatable bonds is 14. The molecule has 0 atom stereocenters. The molecule has 2 heterocycles. The van der Waals surface area contributed by atoms with Crippen molar-refractivity contribution < 1.29 is 19.0 Å². The van der Waals surface area contributed by atoms with Gasteiger partial charge in [-0.2, -0.15) is 0 Å². The standard InChI is InChI=1S/C44H46ClN3O4/c1-32(2)36-12-16-39(17-13-36)50-27-22-34-8-10-35(11-9-34)30-47-23-25-48(26-24-47)44(49)21-15-37-14-18-40(28-33(37)3)52-43-20-19-41(29-46-43)51-31-38-6-4-5-7-42(38)45/h4-21,28-29,32H,22-27,30-31H2,1-3H3/b21-15+.